The molecule has 2 aliphatic heterocycles. The maximum absolute atomic E-state index is 5.87. The zero-order valence-corrected chi connectivity index (χ0v) is 12.6. The number of ether oxygens (including phenoxy) is 2. The maximum atomic E-state index is 5.87. The molecule has 2 heterocycles. The monoisotopic (exact) mass is 287 g/mol. The van der Waals surface area contributed by atoms with Gasteiger partial charge in [0.1, 0.15) is 5.75 Å². The highest BCUT2D eigenvalue weighted by atomic mass is 16.5. The molecule has 3 nitrogen and oxygen atoms in total. The number of para-hydroxylation sites is 1. The van der Waals surface area contributed by atoms with Crippen LogP contribution in [0.3, 0.4) is 0 Å². The Hall–Kier alpha value is -1.06. The van der Waals surface area contributed by atoms with Gasteiger partial charge in [0, 0.05) is 36.1 Å². The lowest BCUT2D eigenvalue weighted by atomic mass is 9.74. The SMILES string of the molecule is c1ccc2c(c1)OCC2CC1(CNC2CC2)CCCOC1. The summed E-state index contributed by atoms with van der Waals surface area (Å²) in [6.07, 6.45) is 6.37. The number of hydrogen-bond acceptors (Lipinski definition) is 3. The van der Waals surface area contributed by atoms with Crippen LogP contribution in [0.15, 0.2) is 24.3 Å². The molecule has 4 rings (SSSR count). The van der Waals surface area contributed by atoms with Crippen LogP contribution in [0, 0.1) is 5.41 Å². The summed E-state index contributed by atoms with van der Waals surface area (Å²) in [4.78, 5) is 0. The first-order valence-electron chi connectivity index (χ1n) is 8.38. The van der Waals surface area contributed by atoms with E-state index in [9.17, 15) is 0 Å². The van der Waals surface area contributed by atoms with Crippen molar-refractivity contribution in [3.8, 4) is 5.75 Å². The molecule has 1 aliphatic carbocycles. The third-order valence-corrected chi connectivity index (χ3v) is 5.23. The molecule has 114 valence electrons. The Morgan fingerprint density at radius 3 is 2.95 bits per heavy atom. The molecule has 0 spiro atoms. The summed E-state index contributed by atoms with van der Waals surface area (Å²) in [5.74, 6) is 1.62. The van der Waals surface area contributed by atoms with Gasteiger partial charge < -0.3 is 14.8 Å². The number of hydrogen-bond donors (Lipinski definition) is 1. The van der Waals surface area contributed by atoms with E-state index in [1.54, 1.807) is 0 Å². The molecule has 3 aliphatic rings. The summed E-state index contributed by atoms with van der Waals surface area (Å²) < 4.78 is 11.7. The molecule has 21 heavy (non-hydrogen) atoms. The van der Waals surface area contributed by atoms with Gasteiger partial charge in [-0.25, -0.2) is 0 Å². The van der Waals surface area contributed by atoms with Crippen molar-refractivity contribution >= 4 is 0 Å². The van der Waals surface area contributed by atoms with Crippen LogP contribution in [0.5, 0.6) is 5.75 Å². The predicted molar refractivity (Wildman–Crippen MR) is 82.8 cm³/mol. The van der Waals surface area contributed by atoms with Gasteiger partial charge in [0.2, 0.25) is 0 Å². The molecule has 2 unspecified atom stereocenters. The van der Waals surface area contributed by atoms with Crippen molar-refractivity contribution in [2.45, 2.75) is 44.1 Å². The fourth-order valence-corrected chi connectivity index (χ4v) is 3.85. The molecular formula is C18H25NO2. The highest BCUT2D eigenvalue weighted by Gasteiger charge is 2.39. The van der Waals surface area contributed by atoms with Crippen molar-refractivity contribution in [1.82, 2.24) is 5.32 Å². The molecule has 0 aromatic heterocycles. The Morgan fingerprint density at radius 1 is 1.24 bits per heavy atom. The smallest absolute Gasteiger partial charge is 0.122 e. The van der Waals surface area contributed by atoms with E-state index in [1.165, 1.54) is 37.7 Å². The fourth-order valence-electron chi connectivity index (χ4n) is 3.85. The van der Waals surface area contributed by atoms with Crippen LogP contribution in [0.1, 0.15) is 43.6 Å². The van der Waals surface area contributed by atoms with Gasteiger partial charge in [-0.2, -0.15) is 0 Å². The van der Waals surface area contributed by atoms with Crippen molar-refractivity contribution in [2.75, 3.05) is 26.4 Å². The summed E-state index contributed by atoms with van der Waals surface area (Å²) in [6, 6.07) is 9.30. The van der Waals surface area contributed by atoms with Crippen LogP contribution in [0.2, 0.25) is 0 Å². The molecule has 0 bridgehead atoms. The van der Waals surface area contributed by atoms with Crippen molar-refractivity contribution in [3.05, 3.63) is 29.8 Å². The van der Waals surface area contributed by atoms with Crippen LogP contribution in [0.25, 0.3) is 0 Å². The highest BCUT2D eigenvalue weighted by Crippen LogP contribution is 2.44. The first kappa shape index (κ1) is 13.6. The molecule has 1 N–H and O–H groups in total. The maximum Gasteiger partial charge on any atom is 0.122 e. The summed E-state index contributed by atoms with van der Waals surface area (Å²) in [5, 5.41) is 3.74. The lowest BCUT2D eigenvalue weighted by molar-refractivity contribution is -0.0167. The average molecular weight is 287 g/mol. The van der Waals surface area contributed by atoms with Gasteiger partial charge in [-0.3, -0.25) is 0 Å². The molecular weight excluding hydrogens is 262 g/mol. The first-order chi connectivity index (χ1) is 10.3. The number of benzene rings is 1. The molecule has 1 saturated heterocycles. The standard InChI is InChI=1S/C18H25NO2/c1-2-5-17-16(4-1)14(11-21-17)10-18(8-3-9-20-13-18)12-19-15-6-7-15/h1-2,4-5,14-15,19H,3,6-13H2. The van der Waals surface area contributed by atoms with Gasteiger partial charge in [-0.15, -0.1) is 0 Å². The zero-order valence-electron chi connectivity index (χ0n) is 12.6. The Bertz CT molecular complexity index is 492. The number of rotatable bonds is 5. The van der Waals surface area contributed by atoms with E-state index in [-0.39, 0.29) is 0 Å². The summed E-state index contributed by atoms with van der Waals surface area (Å²) >= 11 is 0. The van der Waals surface area contributed by atoms with E-state index in [1.807, 2.05) is 0 Å². The Labute approximate surface area is 127 Å². The molecule has 0 radical (unpaired) electrons. The Morgan fingerprint density at radius 2 is 2.14 bits per heavy atom. The number of nitrogens with one attached hydrogen (secondary N) is 1. The van der Waals surface area contributed by atoms with Crippen molar-refractivity contribution in [3.63, 3.8) is 0 Å². The van der Waals surface area contributed by atoms with E-state index in [4.69, 9.17) is 9.47 Å². The molecule has 1 aromatic rings. The minimum absolute atomic E-state index is 0.298. The second-order valence-corrected chi connectivity index (χ2v) is 7.06. The lowest BCUT2D eigenvalue weighted by Crippen LogP contribution is -2.43. The quantitative estimate of drug-likeness (QED) is 0.902. The Balaban J connectivity index is 1.48. The minimum Gasteiger partial charge on any atom is -0.493 e. The fraction of sp³-hybridized carbons (Fsp3) is 0.667. The van der Waals surface area contributed by atoms with Gasteiger partial charge in [-0.1, -0.05) is 18.2 Å². The lowest BCUT2D eigenvalue weighted by Gasteiger charge is -2.39. The minimum atomic E-state index is 0.298. The molecule has 1 aromatic carbocycles. The topological polar surface area (TPSA) is 30.5 Å². The van der Waals surface area contributed by atoms with Crippen LogP contribution < -0.4 is 10.1 Å². The second-order valence-electron chi connectivity index (χ2n) is 7.06. The molecule has 2 atom stereocenters. The molecule has 2 fully saturated rings. The third kappa shape index (κ3) is 2.95. The van der Waals surface area contributed by atoms with Gasteiger partial charge in [0.15, 0.2) is 0 Å². The van der Waals surface area contributed by atoms with Crippen LogP contribution in [-0.4, -0.2) is 32.4 Å². The first-order valence-corrected chi connectivity index (χ1v) is 8.38. The Kier molecular flexibility index (Phi) is 3.64. The molecule has 3 heteroatoms. The van der Waals surface area contributed by atoms with Crippen molar-refractivity contribution in [1.29, 1.82) is 0 Å². The second kappa shape index (κ2) is 5.62. The summed E-state index contributed by atoms with van der Waals surface area (Å²) in [7, 11) is 0. The van der Waals surface area contributed by atoms with Gasteiger partial charge >= 0.3 is 0 Å². The normalized spacial score (nSPS) is 31.7. The third-order valence-electron chi connectivity index (χ3n) is 5.23. The zero-order chi connectivity index (χ0) is 14.1. The average Bonchev–Trinajstić information content (AvgIpc) is 3.28. The van der Waals surface area contributed by atoms with E-state index in [0.717, 1.165) is 38.2 Å². The number of fused-ring (bicyclic) bond motifs is 1. The van der Waals surface area contributed by atoms with E-state index in [2.05, 4.69) is 29.6 Å². The summed E-state index contributed by atoms with van der Waals surface area (Å²) in [6.45, 7) is 3.79. The predicted octanol–water partition coefficient (Wildman–Crippen LogP) is 3.10. The van der Waals surface area contributed by atoms with Crippen LogP contribution in [0.4, 0.5) is 0 Å². The van der Waals surface area contributed by atoms with E-state index >= 15 is 0 Å². The van der Waals surface area contributed by atoms with Gasteiger partial charge in [-0.05, 0) is 38.2 Å². The van der Waals surface area contributed by atoms with Crippen LogP contribution in [-0.2, 0) is 4.74 Å². The van der Waals surface area contributed by atoms with Gasteiger partial charge in [0.25, 0.3) is 0 Å². The molecule has 0 amide bonds. The van der Waals surface area contributed by atoms with E-state index in [0.29, 0.717) is 11.3 Å². The van der Waals surface area contributed by atoms with Crippen LogP contribution >= 0.6 is 0 Å². The van der Waals surface area contributed by atoms with E-state index < -0.39 is 0 Å². The highest BCUT2D eigenvalue weighted by molar-refractivity contribution is 5.39. The largest absolute Gasteiger partial charge is 0.493 e. The van der Waals surface area contributed by atoms with Crippen molar-refractivity contribution < 1.29 is 9.47 Å². The van der Waals surface area contributed by atoms with Gasteiger partial charge in [0.05, 0.1) is 13.2 Å². The molecule has 1 saturated carbocycles. The van der Waals surface area contributed by atoms with Crippen molar-refractivity contribution in [2.24, 2.45) is 5.41 Å². The summed E-state index contributed by atoms with van der Waals surface area (Å²) in [5.41, 5.74) is 1.70.